The summed E-state index contributed by atoms with van der Waals surface area (Å²) in [5.74, 6) is -7.01. The Labute approximate surface area is 598 Å². The molecule has 11 aliphatic heterocycles. The van der Waals surface area contributed by atoms with Gasteiger partial charge in [-0.1, -0.05) is 26.0 Å². The van der Waals surface area contributed by atoms with Crippen molar-refractivity contribution in [3.05, 3.63) is 29.8 Å². The first-order chi connectivity index (χ1) is 49.2. The molecule has 570 valence electrons. The van der Waals surface area contributed by atoms with Crippen molar-refractivity contribution in [3.63, 3.8) is 0 Å². The number of ether oxygens (including phenoxy) is 12. The summed E-state index contributed by atoms with van der Waals surface area (Å²) in [4.78, 5) is 138. The van der Waals surface area contributed by atoms with Gasteiger partial charge >= 0.3 is 12.1 Å². The van der Waals surface area contributed by atoms with Crippen LogP contribution >= 0.6 is 0 Å². The molecular formula is C71H102N8O24. The molecule has 32 heteroatoms. The Kier molecular flexibility index (Phi) is 25.4. The topological polar surface area (TPSA) is 413 Å². The number of primary amides is 1. The number of fused-ring (bicyclic) bond motifs is 8. The van der Waals surface area contributed by atoms with Crippen LogP contribution in [0.5, 0.6) is 0 Å². The molecule has 1 aromatic rings. The number of aliphatic imine (C=N–C) groups is 1. The average molecular weight is 1450 g/mol. The van der Waals surface area contributed by atoms with Crippen LogP contribution in [0, 0.1) is 17.8 Å². The number of hydrogen-bond acceptors (Lipinski definition) is 25. The molecule has 12 rings (SSSR count). The molecule has 8 saturated heterocycles. The number of carbonyl (C=O) groups is 10. The summed E-state index contributed by atoms with van der Waals surface area (Å²) in [5, 5.41) is 24.7. The van der Waals surface area contributed by atoms with E-state index in [9.17, 15) is 53.1 Å². The minimum absolute atomic E-state index is 0.0192. The number of anilines is 1. The number of aliphatic hydroxyl groups is 1. The van der Waals surface area contributed by atoms with Gasteiger partial charge in [-0.05, 0) is 95.2 Å². The molecule has 11 aliphatic rings. The van der Waals surface area contributed by atoms with E-state index in [4.69, 9.17) is 72.4 Å². The maximum atomic E-state index is 14.6. The van der Waals surface area contributed by atoms with E-state index >= 15 is 0 Å². The number of imide groups is 1. The summed E-state index contributed by atoms with van der Waals surface area (Å²) >= 11 is 0. The SMILES string of the molecule is CO[C@H]1C(CC(O)CNC(=O)OCc2ccc(NC(=O)C(CC(N)=O)NC(=O)[C@H](C)NC(=O)C(C)NC(=O)CCOCCOCCC(=O)ON3C(=O)CCC3=O)cc2)O[C@H]2CC3OC4CCC5O[C@](C)(CC[C@]67C[C@H](OC)C(O6)[C@H]6CC(O7)[C@@]7(N=C3[C@H](C)C4)OC(CCC7O6)CC(=O)CC12)CC5C. The molecule has 11 heterocycles. The zero-order valence-electron chi connectivity index (χ0n) is 59.8. The van der Waals surface area contributed by atoms with E-state index in [0.717, 1.165) is 37.8 Å². The standard InChI is InChI=1S/C71H102N8O24/c1-37-26-45-12-14-49-38(2)33-69(5,100-49)20-21-70-34-54(91-6)64(102-70)53-32-56(101-70)71-55(98-53)15-13-46(99-71)27-43(80)28-47-50(31-51(96-45)62(37)78-71)97-52(63(47)92-7)29-44(81)35-73-68(90)95-36-41-8-10-42(11-9-41)76-67(89)48(30-57(72)82)77-66(88)40(4)75-65(87)39(3)74-58(83)18-22-93-24-25-94-23-19-61(86)103-79-59(84)16-17-60(79)85/h8-11,37-40,44-56,63-64,81H,12-36H2,1-7H3,(H2,72,82)(H,73,90)(H,74,83)(H,75,87)(H,76,89)(H,77,88)/t37-,38?,39?,40+,44?,45?,46?,47?,48?,49?,50+,51?,52?,53-,54+,55?,56?,63-,64?,69-,70-,71+/m1/s1. The molecule has 22 atom stereocenters. The zero-order chi connectivity index (χ0) is 73.5. The van der Waals surface area contributed by atoms with Crippen LogP contribution in [0.4, 0.5) is 10.5 Å². The van der Waals surface area contributed by atoms with Crippen molar-refractivity contribution in [2.75, 3.05) is 52.5 Å². The van der Waals surface area contributed by atoms with Crippen molar-refractivity contribution < 1.29 is 115 Å². The Morgan fingerprint density at radius 3 is 2.18 bits per heavy atom. The summed E-state index contributed by atoms with van der Waals surface area (Å²) < 4.78 is 78.6. The highest BCUT2D eigenvalue weighted by Gasteiger charge is 2.66. The number of methoxy groups -OCH3 is 2. The Bertz CT molecular complexity index is 3280. The van der Waals surface area contributed by atoms with Crippen LogP contribution in [-0.4, -0.2) is 237 Å². The quantitative estimate of drug-likeness (QED) is 0.0491. The number of nitrogens with zero attached hydrogens (tertiary/aromatic N) is 2. The summed E-state index contributed by atoms with van der Waals surface area (Å²) in [7, 11) is 3.29. The highest BCUT2D eigenvalue weighted by molar-refractivity contribution is 6.02. The second-order valence-corrected chi connectivity index (χ2v) is 29.6. The summed E-state index contributed by atoms with van der Waals surface area (Å²) in [6.45, 7) is 9.00. The van der Waals surface area contributed by atoms with Crippen molar-refractivity contribution in [3.8, 4) is 0 Å². The van der Waals surface area contributed by atoms with Gasteiger partial charge in [0.1, 0.15) is 48.8 Å². The third-order valence-corrected chi connectivity index (χ3v) is 21.7. The number of hydroxylamine groups is 2. The average Bonchev–Trinajstić information content (AvgIpc) is 1.58. The molecule has 13 unspecified atom stereocenters. The number of aliphatic hydroxyl groups excluding tert-OH is 1. The molecule has 2 spiro atoms. The van der Waals surface area contributed by atoms with E-state index in [0.29, 0.717) is 55.1 Å². The molecule has 8 amide bonds. The third kappa shape index (κ3) is 18.9. The van der Waals surface area contributed by atoms with Crippen LogP contribution < -0.4 is 32.3 Å². The molecule has 0 saturated carbocycles. The normalized spacial score (nSPS) is 35.0. The molecule has 11 bridgehead atoms. The predicted molar refractivity (Wildman–Crippen MR) is 358 cm³/mol. The van der Waals surface area contributed by atoms with E-state index < -0.39 is 150 Å². The molecule has 32 nitrogen and oxygen atoms in total. The molecule has 8 N–H and O–H groups in total. The molecule has 0 aromatic heterocycles. The molecule has 1 aromatic carbocycles. The van der Waals surface area contributed by atoms with E-state index in [-0.39, 0.29) is 132 Å². The van der Waals surface area contributed by atoms with Crippen LogP contribution in [0.2, 0.25) is 0 Å². The number of Topliss-reactive ketones (excluding diaryl/α,β-unsaturated/α-hetero) is 1. The molecule has 8 fully saturated rings. The molecule has 0 radical (unpaired) electrons. The van der Waals surface area contributed by atoms with Gasteiger partial charge in [0, 0.05) is 102 Å². The lowest BCUT2D eigenvalue weighted by Gasteiger charge is -2.54. The number of alkyl carbamates (subject to hydrolysis) is 1. The van der Waals surface area contributed by atoms with Crippen molar-refractivity contribution >= 4 is 70.6 Å². The lowest BCUT2D eigenvalue weighted by atomic mass is 9.79. The number of nitrogens with one attached hydrogen (secondary N) is 5. The number of benzene rings is 1. The summed E-state index contributed by atoms with van der Waals surface area (Å²) in [5.41, 5.74) is 5.34. The maximum absolute atomic E-state index is 14.6. The van der Waals surface area contributed by atoms with Crippen LogP contribution in [0.25, 0.3) is 0 Å². The predicted octanol–water partition coefficient (Wildman–Crippen LogP) is 2.47. The van der Waals surface area contributed by atoms with Gasteiger partial charge in [0.2, 0.25) is 35.3 Å². The Balaban J connectivity index is 0.643. The molecular weight excluding hydrogens is 1350 g/mol. The summed E-state index contributed by atoms with van der Waals surface area (Å²) in [6, 6.07) is 2.35. The zero-order valence-corrected chi connectivity index (χ0v) is 59.8. The van der Waals surface area contributed by atoms with E-state index in [1.807, 2.05) is 0 Å². The highest BCUT2D eigenvalue weighted by atomic mass is 16.8. The van der Waals surface area contributed by atoms with Gasteiger partial charge in [-0.15, -0.1) is 5.06 Å². The fourth-order valence-corrected chi connectivity index (χ4v) is 16.5. The van der Waals surface area contributed by atoms with Crippen molar-refractivity contribution in [1.29, 1.82) is 0 Å². The lowest BCUT2D eigenvalue weighted by molar-refractivity contribution is -0.317. The first-order valence-corrected chi connectivity index (χ1v) is 36.4. The van der Waals surface area contributed by atoms with Gasteiger partial charge in [0.05, 0.1) is 106 Å². The molecule has 0 aliphatic carbocycles. The number of amides is 8. The maximum Gasteiger partial charge on any atom is 0.407 e. The largest absolute Gasteiger partial charge is 0.445 e. The first-order valence-electron chi connectivity index (χ1n) is 36.4. The van der Waals surface area contributed by atoms with Crippen molar-refractivity contribution in [1.82, 2.24) is 26.3 Å². The molecule has 103 heavy (non-hydrogen) atoms. The van der Waals surface area contributed by atoms with Crippen LogP contribution in [0.1, 0.15) is 162 Å². The van der Waals surface area contributed by atoms with Gasteiger partial charge in [0.15, 0.2) is 5.79 Å². The second kappa shape index (κ2) is 33.8. The van der Waals surface area contributed by atoms with Crippen LogP contribution in [-0.2, 0) is 111 Å². The minimum Gasteiger partial charge on any atom is -0.445 e. The third-order valence-electron chi connectivity index (χ3n) is 21.7. The summed E-state index contributed by atoms with van der Waals surface area (Å²) in [6.07, 6.45) is -0.640. The number of rotatable bonds is 27. The number of ketones is 1. The number of carbonyl (C=O) groups excluding carboxylic acids is 10. The van der Waals surface area contributed by atoms with Crippen LogP contribution in [0.15, 0.2) is 29.3 Å². The van der Waals surface area contributed by atoms with E-state index in [2.05, 4.69) is 47.4 Å². The Hall–Kier alpha value is -6.69. The van der Waals surface area contributed by atoms with Gasteiger partial charge in [-0.3, -0.25) is 43.3 Å². The van der Waals surface area contributed by atoms with Gasteiger partial charge in [-0.25, -0.2) is 9.59 Å². The van der Waals surface area contributed by atoms with Crippen molar-refractivity contribution in [2.45, 2.75) is 278 Å². The smallest absolute Gasteiger partial charge is 0.407 e. The van der Waals surface area contributed by atoms with Gasteiger partial charge in [0.25, 0.3) is 11.8 Å². The van der Waals surface area contributed by atoms with Gasteiger partial charge in [-0.2, -0.15) is 0 Å². The second-order valence-electron chi connectivity index (χ2n) is 29.6. The van der Waals surface area contributed by atoms with Crippen molar-refractivity contribution in [2.24, 2.45) is 28.5 Å². The fraction of sp³-hybridized carbons (Fsp3) is 0.761. The monoisotopic (exact) mass is 1450 g/mol. The lowest BCUT2D eigenvalue weighted by Crippen LogP contribution is -2.66. The Morgan fingerprint density at radius 1 is 0.738 bits per heavy atom. The number of hydrogen-bond donors (Lipinski definition) is 7. The Morgan fingerprint density at radius 2 is 1.46 bits per heavy atom. The highest BCUT2D eigenvalue weighted by Crippen LogP contribution is 2.55. The van der Waals surface area contributed by atoms with Crippen LogP contribution in [0.3, 0.4) is 0 Å². The first kappa shape index (κ1) is 77.4. The van der Waals surface area contributed by atoms with E-state index in [1.54, 1.807) is 26.4 Å². The number of nitrogens with two attached hydrogens (primary N) is 1. The fourth-order valence-electron chi connectivity index (χ4n) is 16.5. The minimum atomic E-state index is -1.47. The van der Waals surface area contributed by atoms with Gasteiger partial charge < -0.3 is 99.1 Å². The van der Waals surface area contributed by atoms with E-state index in [1.165, 1.54) is 26.0 Å².